The average molecular weight is 258 g/mol. The summed E-state index contributed by atoms with van der Waals surface area (Å²) in [7, 11) is -7.88. The van der Waals surface area contributed by atoms with Crippen molar-refractivity contribution in [2.24, 2.45) is 11.8 Å². The molecule has 2 unspecified atom stereocenters. The summed E-state index contributed by atoms with van der Waals surface area (Å²) in [6.07, 6.45) is -0.203. The SMILES string of the molecule is CC(C)CP(=O)(O)OP(=O)(O)CC(C)C. The van der Waals surface area contributed by atoms with E-state index < -0.39 is 15.2 Å². The molecule has 0 amide bonds. The van der Waals surface area contributed by atoms with Crippen LogP contribution in [0.15, 0.2) is 0 Å². The highest BCUT2D eigenvalue weighted by Crippen LogP contribution is 2.60. The quantitative estimate of drug-likeness (QED) is 0.715. The molecule has 0 aromatic heterocycles. The Kier molecular flexibility index (Phi) is 5.73. The molecule has 0 spiro atoms. The Hall–Kier alpha value is 0.340. The molecular weight excluding hydrogens is 238 g/mol. The molecule has 0 saturated carbocycles. The second-order valence-electron chi connectivity index (χ2n) is 4.51. The zero-order chi connectivity index (χ0) is 12.3. The van der Waals surface area contributed by atoms with E-state index >= 15 is 0 Å². The van der Waals surface area contributed by atoms with E-state index in [4.69, 9.17) is 0 Å². The van der Waals surface area contributed by atoms with Gasteiger partial charge in [0.1, 0.15) is 0 Å². The van der Waals surface area contributed by atoms with Crippen molar-refractivity contribution in [1.29, 1.82) is 0 Å². The molecular formula is C8H20O5P2. The Morgan fingerprint density at radius 2 is 1.20 bits per heavy atom. The minimum absolute atomic E-state index is 0.0557. The van der Waals surface area contributed by atoms with Crippen molar-refractivity contribution in [3.63, 3.8) is 0 Å². The summed E-state index contributed by atoms with van der Waals surface area (Å²) in [5.74, 6) is -0.111. The largest absolute Gasteiger partial charge is 0.335 e. The van der Waals surface area contributed by atoms with Gasteiger partial charge in [-0.05, 0) is 11.8 Å². The van der Waals surface area contributed by atoms with Gasteiger partial charge in [-0.25, -0.2) is 4.31 Å². The highest BCUT2D eigenvalue weighted by atomic mass is 31.3. The Balaban J connectivity index is 4.44. The fourth-order valence-electron chi connectivity index (χ4n) is 1.19. The van der Waals surface area contributed by atoms with Crippen LogP contribution in [0.25, 0.3) is 0 Å². The van der Waals surface area contributed by atoms with Crippen LogP contribution in [0.2, 0.25) is 0 Å². The monoisotopic (exact) mass is 258 g/mol. The van der Waals surface area contributed by atoms with Crippen LogP contribution in [0.1, 0.15) is 27.7 Å². The third-order valence-electron chi connectivity index (χ3n) is 1.45. The zero-order valence-electron chi connectivity index (χ0n) is 9.58. The van der Waals surface area contributed by atoms with Crippen molar-refractivity contribution >= 4 is 15.2 Å². The lowest BCUT2D eigenvalue weighted by molar-refractivity contribution is 0.325. The fourth-order valence-corrected chi connectivity index (χ4v) is 5.16. The van der Waals surface area contributed by atoms with E-state index in [2.05, 4.69) is 4.31 Å². The second-order valence-corrected chi connectivity index (χ2v) is 8.44. The Bertz CT molecular complexity index is 259. The Labute approximate surface area is 90.9 Å². The first-order valence-corrected chi connectivity index (χ1v) is 8.41. The third-order valence-corrected chi connectivity index (χ3v) is 5.87. The molecule has 0 bridgehead atoms. The molecule has 0 rings (SSSR count). The predicted molar refractivity (Wildman–Crippen MR) is 60.1 cm³/mol. The molecule has 0 saturated heterocycles. The standard InChI is InChI=1S/C8H20O5P2/c1-7(2)5-14(9,10)13-15(11,12)6-8(3)4/h7-8H,5-6H2,1-4H3,(H,9,10)(H,11,12). The molecule has 0 heterocycles. The topological polar surface area (TPSA) is 83.8 Å². The Morgan fingerprint density at radius 3 is 1.40 bits per heavy atom. The first-order chi connectivity index (χ1) is 6.54. The highest BCUT2D eigenvalue weighted by Gasteiger charge is 2.32. The van der Waals surface area contributed by atoms with E-state index in [-0.39, 0.29) is 24.2 Å². The van der Waals surface area contributed by atoms with Crippen molar-refractivity contribution in [3.8, 4) is 0 Å². The van der Waals surface area contributed by atoms with Crippen LogP contribution >= 0.6 is 15.2 Å². The smallest absolute Gasteiger partial charge is 0.324 e. The molecule has 7 heteroatoms. The summed E-state index contributed by atoms with van der Waals surface area (Å²) in [5, 5.41) is 0. The number of rotatable bonds is 6. The zero-order valence-corrected chi connectivity index (χ0v) is 11.4. The van der Waals surface area contributed by atoms with Crippen LogP contribution in [0.4, 0.5) is 0 Å². The Morgan fingerprint density at radius 1 is 0.933 bits per heavy atom. The van der Waals surface area contributed by atoms with E-state index in [1.807, 2.05) is 0 Å². The first-order valence-electron chi connectivity index (χ1n) is 4.89. The molecule has 2 atom stereocenters. The van der Waals surface area contributed by atoms with Crippen LogP contribution in [-0.4, -0.2) is 22.1 Å². The van der Waals surface area contributed by atoms with E-state index in [1.165, 1.54) is 0 Å². The van der Waals surface area contributed by atoms with Crippen molar-refractivity contribution in [1.82, 2.24) is 0 Å². The van der Waals surface area contributed by atoms with Crippen LogP contribution in [0, 0.1) is 11.8 Å². The van der Waals surface area contributed by atoms with E-state index in [0.29, 0.717) is 0 Å². The van der Waals surface area contributed by atoms with Gasteiger partial charge in [0.25, 0.3) is 0 Å². The van der Waals surface area contributed by atoms with Crippen LogP contribution in [0.5, 0.6) is 0 Å². The van der Waals surface area contributed by atoms with Crippen molar-refractivity contribution < 1.29 is 23.2 Å². The minimum atomic E-state index is -3.94. The van der Waals surface area contributed by atoms with E-state index in [0.717, 1.165) is 0 Å². The van der Waals surface area contributed by atoms with Gasteiger partial charge in [0, 0.05) is 0 Å². The molecule has 5 nitrogen and oxygen atoms in total. The normalized spacial score (nSPS) is 20.3. The molecule has 92 valence electrons. The molecule has 0 fully saturated rings. The van der Waals surface area contributed by atoms with Gasteiger partial charge in [0.15, 0.2) is 0 Å². The van der Waals surface area contributed by atoms with Crippen molar-refractivity contribution in [3.05, 3.63) is 0 Å². The van der Waals surface area contributed by atoms with Gasteiger partial charge in [0.2, 0.25) is 0 Å². The van der Waals surface area contributed by atoms with Crippen LogP contribution in [0.3, 0.4) is 0 Å². The van der Waals surface area contributed by atoms with Gasteiger partial charge >= 0.3 is 15.2 Å². The second kappa shape index (κ2) is 5.60. The molecule has 0 aliphatic carbocycles. The summed E-state index contributed by atoms with van der Waals surface area (Å²) < 4.78 is 27.3. The maximum atomic E-state index is 11.4. The molecule has 15 heavy (non-hydrogen) atoms. The van der Waals surface area contributed by atoms with Crippen LogP contribution < -0.4 is 0 Å². The number of hydrogen-bond donors (Lipinski definition) is 2. The van der Waals surface area contributed by atoms with E-state index in [1.54, 1.807) is 27.7 Å². The van der Waals surface area contributed by atoms with Crippen LogP contribution in [-0.2, 0) is 13.4 Å². The van der Waals surface area contributed by atoms with Gasteiger partial charge in [-0.15, -0.1) is 0 Å². The minimum Gasteiger partial charge on any atom is -0.324 e. The van der Waals surface area contributed by atoms with Crippen molar-refractivity contribution in [2.75, 3.05) is 12.3 Å². The first kappa shape index (κ1) is 15.3. The van der Waals surface area contributed by atoms with Gasteiger partial charge in [-0.2, -0.15) is 0 Å². The summed E-state index contributed by atoms with van der Waals surface area (Å²) in [5.41, 5.74) is 0. The van der Waals surface area contributed by atoms with Gasteiger partial charge in [0.05, 0.1) is 12.3 Å². The summed E-state index contributed by atoms with van der Waals surface area (Å²) in [6.45, 7) is 6.99. The van der Waals surface area contributed by atoms with E-state index in [9.17, 15) is 18.9 Å². The molecule has 2 N–H and O–H groups in total. The number of hydrogen-bond acceptors (Lipinski definition) is 3. The highest BCUT2D eigenvalue weighted by molar-refractivity contribution is 7.66. The van der Waals surface area contributed by atoms with Crippen molar-refractivity contribution in [2.45, 2.75) is 27.7 Å². The molecule has 0 radical (unpaired) electrons. The summed E-state index contributed by atoms with van der Waals surface area (Å²) >= 11 is 0. The lowest BCUT2D eigenvalue weighted by atomic mass is 10.3. The maximum absolute atomic E-state index is 11.4. The lowest BCUT2D eigenvalue weighted by Crippen LogP contribution is -2.04. The molecule has 0 aliphatic rings. The third kappa shape index (κ3) is 8.18. The average Bonchev–Trinajstić information content (AvgIpc) is 1.73. The molecule has 0 aliphatic heterocycles. The fraction of sp³-hybridized carbons (Fsp3) is 1.00. The summed E-state index contributed by atoms with van der Waals surface area (Å²) in [4.78, 5) is 18.7. The maximum Gasteiger partial charge on any atom is 0.335 e. The summed E-state index contributed by atoms with van der Waals surface area (Å²) in [6, 6.07) is 0. The molecule has 0 aromatic carbocycles. The van der Waals surface area contributed by atoms with Gasteiger partial charge in [-0.3, -0.25) is 9.13 Å². The molecule has 0 aromatic rings. The lowest BCUT2D eigenvalue weighted by Gasteiger charge is -2.19. The van der Waals surface area contributed by atoms with Gasteiger partial charge < -0.3 is 9.79 Å². The van der Waals surface area contributed by atoms with Gasteiger partial charge in [-0.1, -0.05) is 27.7 Å². The predicted octanol–water partition coefficient (Wildman–Crippen LogP) is 2.69.